The summed E-state index contributed by atoms with van der Waals surface area (Å²) >= 11 is 0. The van der Waals surface area contributed by atoms with Gasteiger partial charge in [0, 0.05) is 20.1 Å². The van der Waals surface area contributed by atoms with Crippen LogP contribution >= 0.6 is 0 Å². The molecule has 0 aromatic heterocycles. The lowest BCUT2D eigenvalue weighted by Gasteiger charge is -2.40. The van der Waals surface area contributed by atoms with Crippen molar-refractivity contribution in [1.29, 1.82) is 0 Å². The quantitative estimate of drug-likeness (QED) is 0.685. The molecule has 4 rings (SSSR count). The highest BCUT2D eigenvalue weighted by Gasteiger charge is 2.45. The summed E-state index contributed by atoms with van der Waals surface area (Å²) in [4.78, 5) is 11.9. The summed E-state index contributed by atoms with van der Waals surface area (Å²) in [6.45, 7) is 5.36. The van der Waals surface area contributed by atoms with Gasteiger partial charge in [-0.3, -0.25) is 4.79 Å². The number of ether oxygens (including phenoxy) is 5. The van der Waals surface area contributed by atoms with E-state index in [9.17, 15) is 4.79 Å². The summed E-state index contributed by atoms with van der Waals surface area (Å²) in [5, 5.41) is 0. The Bertz CT molecular complexity index is 979. The van der Waals surface area contributed by atoms with Gasteiger partial charge in [0.15, 0.2) is 12.2 Å². The zero-order valence-electron chi connectivity index (χ0n) is 17.8. The molecule has 2 aliphatic heterocycles. The highest BCUT2D eigenvalue weighted by Crippen LogP contribution is 2.53. The number of methoxy groups -OCH3 is 2. The zero-order chi connectivity index (χ0) is 21.5. The molecule has 3 atom stereocenters. The number of carbonyl (C=O) groups is 1. The first-order chi connectivity index (χ1) is 14.3. The Morgan fingerprint density at radius 1 is 1.10 bits per heavy atom. The minimum atomic E-state index is -0.681. The molecule has 0 unspecified atom stereocenters. The molecule has 0 saturated heterocycles. The molecule has 6 heteroatoms. The average molecular weight is 410 g/mol. The second-order valence-electron chi connectivity index (χ2n) is 7.95. The van der Waals surface area contributed by atoms with E-state index in [-0.39, 0.29) is 0 Å². The third kappa shape index (κ3) is 3.52. The first kappa shape index (κ1) is 20.3. The van der Waals surface area contributed by atoms with Crippen LogP contribution in [-0.2, 0) is 14.3 Å². The Labute approximate surface area is 176 Å². The SMILES string of the molecule is COc1c2c(cc3c1[C@H](OC)[C@H](OC(C)=O)[C@@H](c1ccccc1)O3)OC(C)(C)C=C2. The van der Waals surface area contributed by atoms with Crippen LogP contribution in [0.15, 0.2) is 42.5 Å². The molecule has 2 heterocycles. The van der Waals surface area contributed by atoms with E-state index in [1.165, 1.54) is 6.92 Å². The van der Waals surface area contributed by atoms with Crippen LogP contribution in [0.3, 0.4) is 0 Å². The van der Waals surface area contributed by atoms with E-state index in [2.05, 4.69) is 0 Å². The number of hydrogen-bond donors (Lipinski definition) is 0. The van der Waals surface area contributed by atoms with Crippen LogP contribution in [0.5, 0.6) is 17.2 Å². The van der Waals surface area contributed by atoms with Gasteiger partial charge in [-0.05, 0) is 31.6 Å². The van der Waals surface area contributed by atoms with Crippen molar-refractivity contribution < 1.29 is 28.5 Å². The third-order valence-corrected chi connectivity index (χ3v) is 5.33. The lowest BCUT2D eigenvalue weighted by atomic mass is 9.88. The second kappa shape index (κ2) is 7.69. The number of carbonyl (C=O) groups excluding carboxylic acids is 1. The molecule has 0 radical (unpaired) electrons. The Morgan fingerprint density at radius 3 is 2.47 bits per heavy atom. The lowest BCUT2D eigenvalue weighted by molar-refractivity contribution is -0.167. The molecule has 0 spiro atoms. The van der Waals surface area contributed by atoms with Gasteiger partial charge in [0.1, 0.15) is 29.0 Å². The van der Waals surface area contributed by atoms with E-state index in [4.69, 9.17) is 23.7 Å². The predicted molar refractivity (Wildman–Crippen MR) is 112 cm³/mol. The van der Waals surface area contributed by atoms with E-state index in [1.54, 1.807) is 14.2 Å². The van der Waals surface area contributed by atoms with Gasteiger partial charge < -0.3 is 23.7 Å². The monoisotopic (exact) mass is 410 g/mol. The van der Waals surface area contributed by atoms with Crippen molar-refractivity contribution in [3.63, 3.8) is 0 Å². The molecular weight excluding hydrogens is 384 g/mol. The number of fused-ring (bicyclic) bond motifs is 2. The molecule has 2 aromatic carbocycles. The topological polar surface area (TPSA) is 63.2 Å². The van der Waals surface area contributed by atoms with Crippen molar-refractivity contribution >= 4 is 12.0 Å². The predicted octanol–water partition coefficient (Wildman–Crippen LogP) is 4.63. The highest BCUT2D eigenvalue weighted by atomic mass is 16.6. The fourth-order valence-corrected chi connectivity index (χ4v) is 4.07. The summed E-state index contributed by atoms with van der Waals surface area (Å²) in [7, 11) is 3.19. The van der Waals surface area contributed by atoms with Crippen molar-refractivity contribution in [3.8, 4) is 17.2 Å². The van der Waals surface area contributed by atoms with Crippen LogP contribution in [-0.4, -0.2) is 31.9 Å². The third-order valence-electron chi connectivity index (χ3n) is 5.33. The second-order valence-corrected chi connectivity index (χ2v) is 7.95. The maximum Gasteiger partial charge on any atom is 0.303 e. The summed E-state index contributed by atoms with van der Waals surface area (Å²) in [5.41, 5.74) is 1.95. The minimum absolute atomic E-state index is 0.406. The molecule has 6 nitrogen and oxygen atoms in total. The van der Waals surface area contributed by atoms with E-state index in [0.717, 1.165) is 11.1 Å². The smallest absolute Gasteiger partial charge is 0.303 e. The Hall–Kier alpha value is -2.99. The van der Waals surface area contributed by atoms with Crippen LogP contribution in [0, 0.1) is 0 Å². The maximum absolute atomic E-state index is 11.9. The Balaban J connectivity index is 1.90. The maximum atomic E-state index is 11.9. The van der Waals surface area contributed by atoms with Crippen LogP contribution in [0.25, 0.3) is 6.08 Å². The van der Waals surface area contributed by atoms with Gasteiger partial charge in [0.2, 0.25) is 0 Å². The average Bonchev–Trinajstić information content (AvgIpc) is 2.71. The van der Waals surface area contributed by atoms with Gasteiger partial charge in [-0.1, -0.05) is 30.3 Å². The van der Waals surface area contributed by atoms with E-state index in [1.807, 2.05) is 62.4 Å². The van der Waals surface area contributed by atoms with Crippen LogP contribution in [0.1, 0.15) is 49.7 Å². The first-order valence-electron chi connectivity index (χ1n) is 9.89. The molecule has 2 aliphatic rings. The minimum Gasteiger partial charge on any atom is -0.495 e. The molecule has 0 fully saturated rings. The van der Waals surface area contributed by atoms with E-state index >= 15 is 0 Å². The highest BCUT2D eigenvalue weighted by molar-refractivity contribution is 5.73. The largest absolute Gasteiger partial charge is 0.495 e. The van der Waals surface area contributed by atoms with Crippen LogP contribution < -0.4 is 14.2 Å². The number of benzene rings is 2. The first-order valence-corrected chi connectivity index (χ1v) is 9.89. The van der Waals surface area contributed by atoms with E-state index in [0.29, 0.717) is 22.8 Å². The lowest BCUT2D eigenvalue weighted by Crippen LogP contribution is -2.39. The Kier molecular flexibility index (Phi) is 5.20. The van der Waals surface area contributed by atoms with Gasteiger partial charge in [-0.15, -0.1) is 0 Å². The van der Waals surface area contributed by atoms with Crippen molar-refractivity contribution in [2.75, 3.05) is 14.2 Å². The molecule has 0 bridgehead atoms. The van der Waals surface area contributed by atoms with Crippen molar-refractivity contribution in [2.24, 2.45) is 0 Å². The summed E-state index contributed by atoms with van der Waals surface area (Å²) < 4.78 is 29.9. The molecule has 30 heavy (non-hydrogen) atoms. The summed E-state index contributed by atoms with van der Waals surface area (Å²) in [6, 6.07) is 11.5. The molecular formula is C24H26O6. The van der Waals surface area contributed by atoms with Crippen molar-refractivity contribution in [1.82, 2.24) is 0 Å². The van der Waals surface area contributed by atoms with Gasteiger partial charge >= 0.3 is 5.97 Å². The number of rotatable bonds is 4. The van der Waals surface area contributed by atoms with Crippen LogP contribution in [0.4, 0.5) is 0 Å². The van der Waals surface area contributed by atoms with E-state index < -0.39 is 29.9 Å². The van der Waals surface area contributed by atoms with Gasteiger partial charge in [-0.2, -0.15) is 0 Å². The zero-order valence-corrected chi connectivity index (χ0v) is 17.8. The number of hydrogen-bond acceptors (Lipinski definition) is 6. The standard InChI is InChI=1S/C24H26O6/c1-14(25)28-23-20(15-9-7-6-8-10-15)29-18-13-17-16(11-12-24(2,3)30-17)21(26-4)19(18)22(23)27-5/h6-13,20,22-23H,1-5H3/t20-,22+,23-/m1/s1. The molecule has 158 valence electrons. The molecule has 0 saturated carbocycles. The summed E-state index contributed by atoms with van der Waals surface area (Å²) in [6.07, 6.45) is 2.16. The summed E-state index contributed by atoms with van der Waals surface area (Å²) in [5.74, 6) is 1.44. The van der Waals surface area contributed by atoms with Crippen molar-refractivity contribution in [3.05, 3.63) is 59.2 Å². The fourth-order valence-electron chi connectivity index (χ4n) is 4.07. The van der Waals surface area contributed by atoms with Gasteiger partial charge in [-0.25, -0.2) is 0 Å². The number of esters is 1. The Morgan fingerprint density at radius 2 is 1.83 bits per heavy atom. The molecule has 0 N–H and O–H groups in total. The van der Waals surface area contributed by atoms with Crippen LogP contribution in [0.2, 0.25) is 0 Å². The fraction of sp³-hybridized carbons (Fsp3) is 0.375. The normalized spacial score (nSPS) is 23.4. The van der Waals surface area contributed by atoms with Crippen molar-refractivity contribution in [2.45, 2.75) is 44.7 Å². The molecule has 2 aromatic rings. The molecule has 0 aliphatic carbocycles. The van der Waals surface area contributed by atoms with Gasteiger partial charge in [0.05, 0.1) is 18.2 Å². The molecule has 0 amide bonds. The van der Waals surface area contributed by atoms with Gasteiger partial charge in [0.25, 0.3) is 0 Å².